The fourth-order valence-electron chi connectivity index (χ4n) is 3.83. The summed E-state index contributed by atoms with van der Waals surface area (Å²) in [6.07, 6.45) is 1.84. The second kappa shape index (κ2) is 8.09. The summed E-state index contributed by atoms with van der Waals surface area (Å²) in [5, 5.41) is 0. The molecule has 0 spiro atoms. The molecular weight excluding hydrogens is 408 g/mol. The van der Waals surface area contributed by atoms with Gasteiger partial charge in [0.05, 0.1) is 30.2 Å². The Balaban J connectivity index is 1.51. The van der Waals surface area contributed by atoms with Crippen LogP contribution in [0.4, 0.5) is 0 Å². The third kappa shape index (κ3) is 4.08. The summed E-state index contributed by atoms with van der Waals surface area (Å²) in [6.45, 7) is 4.65. The molecule has 1 unspecified atom stereocenters. The molecule has 6 heteroatoms. The number of nitrogens with zero attached hydrogens (tertiary/aromatic N) is 2. The van der Waals surface area contributed by atoms with Gasteiger partial charge >= 0.3 is 0 Å². The Morgan fingerprint density at radius 3 is 2.78 bits per heavy atom. The van der Waals surface area contributed by atoms with Crippen molar-refractivity contribution in [3.05, 3.63) is 52.1 Å². The first kappa shape index (κ1) is 18.6. The van der Waals surface area contributed by atoms with Crippen LogP contribution in [0.5, 0.6) is 0 Å². The third-order valence-corrected chi connectivity index (χ3v) is 5.71. The molecule has 2 saturated heterocycles. The first-order chi connectivity index (χ1) is 13.1. The summed E-state index contributed by atoms with van der Waals surface area (Å²) in [5.74, 6) is 0.294. The molecule has 3 heterocycles. The van der Waals surface area contributed by atoms with Crippen molar-refractivity contribution in [2.24, 2.45) is 5.92 Å². The number of hydrogen-bond donors (Lipinski definition) is 0. The number of benzene rings is 1. The lowest BCUT2D eigenvalue weighted by molar-refractivity contribution is -0.0969. The number of ether oxygens (including phenoxy) is 2. The van der Waals surface area contributed by atoms with E-state index in [1.54, 1.807) is 0 Å². The number of pyridine rings is 1. The highest BCUT2D eigenvalue weighted by Crippen LogP contribution is 2.27. The molecule has 1 amide bonds. The van der Waals surface area contributed by atoms with Gasteiger partial charge in [0.2, 0.25) is 0 Å². The molecule has 0 N–H and O–H groups in total. The van der Waals surface area contributed by atoms with Crippen molar-refractivity contribution in [3.8, 4) is 11.3 Å². The SMILES string of the molecule is Cc1nc(-c2cccc(Br)c2)ccc1C(=O)N1CCCC(C2OCCO2)C1. The van der Waals surface area contributed by atoms with Crippen molar-refractivity contribution in [2.45, 2.75) is 26.1 Å². The van der Waals surface area contributed by atoms with E-state index >= 15 is 0 Å². The van der Waals surface area contributed by atoms with Crippen LogP contribution in [0.1, 0.15) is 28.9 Å². The highest BCUT2D eigenvalue weighted by molar-refractivity contribution is 9.10. The average molecular weight is 431 g/mol. The summed E-state index contributed by atoms with van der Waals surface area (Å²) in [4.78, 5) is 19.7. The number of carbonyl (C=O) groups is 1. The van der Waals surface area contributed by atoms with Crippen LogP contribution in [-0.2, 0) is 9.47 Å². The number of carbonyl (C=O) groups excluding carboxylic acids is 1. The molecule has 1 atom stereocenters. The van der Waals surface area contributed by atoms with Crippen LogP contribution in [0.3, 0.4) is 0 Å². The van der Waals surface area contributed by atoms with Crippen molar-refractivity contribution in [3.63, 3.8) is 0 Å². The highest BCUT2D eigenvalue weighted by atomic mass is 79.9. The number of piperidine rings is 1. The van der Waals surface area contributed by atoms with E-state index in [1.807, 2.05) is 48.2 Å². The Kier molecular flexibility index (Phi) is 5.57. The Hall–Kier alpha value is -1.76. The average Bonchev–Trinajstić information content (AvgIpc) is 3.22. The Morgan fingerprint density at radius 1 is 1.22 bits per heavy atom. The van der Waals surface area contributed by atoms with Gasteiger partial charge in [-0.2, -0.15) is 0 Å². The third-order valence-electron chi connectivity index (χ3n) is 5.21. The van der Waals surface area contributed by atoms with Gasteiger partial charge in [0.1, 0.15) is 0 Å². The highest BCUT2D eigenvalue weighted by Gasteiger charge is 2.33. The van der Waals surface area contributed by atoms with Gasteiger partial charge < -0.3 is 14.4 Å². The molecule has 0 saturated carbocycles. The minimum atomic E-state index is -0.168. The van der Waals surface area contributed by atoms with E-state index in [9.17, 15) is 4.79 Å². The summed E-state index contributed by atoms with van der Waals surface area (Å²) in [7, 11) is 0. The Morgan fingerprint density at radius 2 is 2.04 bits per heavy atom. The van der Waals surface area contributed by atoms with Crippen molar-refractivity contribution in [1.29, 1.82) is 0 Å². The lowest BCUT2D eigenvalue weighted by atomic mass is 9.96. The molecular formula is C21H23BrN2O3. The molecule has 2 aliphatic rings. The van der Waals surface area contributed by atoms with Crippen LogP contribution in [0, 0.1) is 12.8 Å². The number of aryl methyl sites for hydroxylation is 1. The van der Waals surface area contributed by atoms with Gasteiger partial charge in [-0.15, -0.1) is 0 Å². The number of aromatic nitrogens is 1. The maximum Gasteiger partial charge on any atom is 0.255 e. The topological polar surface area (TPSA) is 51.7 Å². The molecule has 142 valence electrons. The van der Waals surface area contributed by atoms with E-state index < -0.39 is 0 Å². The first-order valence-electron chi connectivity index (χ1n) is 9.38. The van der Waals surface area contributed by atoms with E-state index in [-0.39, 0.29) is 18.1 Å². The Labute approximate surface area is 167 Å². The van der Waals surface area contributed by atoms with E-state index in [0.717, 1.165) is 40.8 Å². The number of amides is 1. The lowest BCUT2D eigenvalue weighted by Crippen LogP contribution is -2.44. The minimum Gasteiger partial charge on any atom is -0.350 e. The fraction of sp³-hybridized carbons (Fsp3) is 0.429. The number of likely N-dealkylation sites (tertiary alicyclic amines) is 1. The van der Waals surface area contributed by atoms with Gasteiger partial charge in [-0.3, -0.25) is 9.78 Å². The molecule has 0 radical (unpaired) electrons. The van der Waals surface area contributed by atoms with Crippen molar-refractivity contribution >= 4 is 21.8 Å². The quantitative estimate of drug-likeness (QED) is 0.736. The van der Waals surface area contributed by atoms with Gasteiger partial charge in [-0.1, -0.05) is 28.1 Å². The van der Waals surface area contributed by atoms with Gasteiger partial charge in [-0.25, -0.2) is 0 Å². The zero-order valence-electron chi connectivity index (χ0n) is 15.4. The van der Waals surface area contributed by atoms with Crippen LogP contribution >= 0.6 is 15.9 Å². The monoisotopic (exact) mass is 430 g/mol. The maximum absolute atomic E-state index is 13.1. The largest absolute Gasteiger partial charge is 0.350 e. The zero-order valence-corrected chi connectivity index (χ0v) is 16.9. The molecule has 0 aliphatic carbocycles. The second-order valence-electron chi connectivity index (χ2n) is 7.10. The molecule has 2 aromatic rings. The van der Waals surface area contributed by atoms with Crippen LogP contribution in [0.15, 0.2) is 40.9 Å². The second-order valence-corrected chi connectivity index (χ2v) is 8.02. The Bertz CT molecular complexity index is 836. The predicted molar refractivity (Wildman–Crippen MR) is 106 cm³/mol. The molecule has 2 aliphatic heterocycles. The van der Waals surface area contributed by atoms with Crippen LogP contribution in [0.2, 0.25) is 0 Å². The summed E-state index contributed by atoms with van der Waals surface area (Å²) < 4.78 is 12.3. The number of rotatable bonds is 3. The molecule has 1 aromatic heterocycles. The summed E-state index contributed by atoms with van der Waals surface area (Å²) in [6, 6.07) is 11.8. The molecule has 27 heavy (non-hydrogen) atoms. The van der Waals surface area contributed by atoms with Crippen molar-refractivity contribution in [2.75, 3.05) is 26.3 Å². The number of halogens is 1. The standard InChI is InChI=1S/C21H23BrN2O3/c1-14-18(7-8-19(23-14)15-4-2-6-17(22)12-15)20(25)24-9-3-5-16(13-24)21-26-10-11-27-21/h2,4,6-8,12,16,21H,3,5,9-11,13H2,1H3. The summed E-state index contributed by atoms with van der Waals surface area (Å²) in [5.41, 5.74) is 3.32. The van der Waals surface area contributed by atoms with E-state index in [2.05, 4.69) is 20.9 Å². The first-order valence-corrected chi connectivity index (χ1v) is 10.2. The van der Waals surface area contributed by atoms with Gasteiger partial charge in [-0.05, 0) is 44.0 Å². The predicted octanol–water partition coefficient (Wildman–Crippen LogP) is 4.04. The van der Waals surface area contributed by atoms with Crippen LogP contribution in [-0.4, -0.2) is 48.4 Å². The molecule has 4 rings (SSSR count). The maximum atomic E-state index is 13.1. The zero-order chi connectivity index (χ0) is 18.8. The molecule has 1 aromatic carbocycles. The van der Waals surface area contributed by atoms with Crippen molar-refractivity contribution < 1.29 is 14.3 Å². The van der Waals surface area contributed by atoms with E-state index in [0.29, 0.717) is 25.3 Å². The van der Waals surface area contributed by atoms with Gasteiger partial charge in [0.15, 0.2) is 6.29 Å². The normalized spacial score (nSPS) is 20.8. The van der Waals surface area contributed by atoms with E-state index in [4.69, 9.17) is 9.47 Å². The number of hydrogen-bond acceptors (Lipinski definition) is 4. The van der Waals surface area contributed by atoms with E-state index in [1.165, 1.54) is 0 Å². The van der Waals surface area contributed by atoms with Gasteiger partial charge in [0, 0.05) is 29.0 Å². The smallest absolute Gasteiger partial charge is 0.255 e. The van der Waals surface area contributed by atoms with Crippen molar-refractivity contribution in [1.82, 2.24) is 9.88 Å². The van der Waals surface area contributed by atoms with Crippen LogP contribution in [0.25, 0.3) is 11.3 Å². The molecule has 2 fully saturated rings. The van der Waals surface area contributed by atoms with Crippen LogP contribution < -0.4 is 0 Å². The lowest BCUT2D eigenvalue weighted by Gasteiger charge is -2.35. The minimum absolute atomic E-state index is 0.0449. The van der Waals surface area contributed by atoms with Gasteiger partial charge in [0.25, 0.3) is 5.91 Å². The fourth-order valence-corrected chi connectivity index (χ4v) is 4.23. The molecule has 5 nitrogen and oxygen atoms in total. The summed E-state index contributed by atoms with van der Waals surface area (Å²) >= 11 is 3.49. The molecule has 0 bridgehead atoms.